The zero-order valence-corrected chi connectivity index (χ0v) is 13.2. The maximum atomic E-state index is 6.04. The third-order valence-electron chi connectivity index (χ3n) is 3.33. The Morgan fingerprint density at radius 1 is 1.14 bits per heavy atom. The summed E-state index contributed by atoms with van der Waals surface area (Å²) >= 11 is 0. The Bertz CT molecular complexity index is 647. The normalized spacial score (nSPS) is 11.3. The highest BCUT2D eigenvalue weighted by Gasteiger charge is 2.20. The largest absolute Gasteiger partial charge is 0.438 e. The number of nitrogens with zero attached hydrogens (tertiary/aromatic N) is 2. The molecule has 112 valence electrons. The lowest BCUT2D eigenvalue weighted by atomic mass is 9.86. The third kappa shape index (κ3) is 3.31. The van der Waals surface area contributed by atoms with Crippen LogP contribution in [0.2, 0.25) is 0 Å². The minimum atomic E-state index is -0.0150. The van der Waals surface area contributed by atoms with Crippen molar-refractivity contribution >= 4 is 5.82 Å². The smallest absolute Gasteiger partial charge is 0.227 e. The first-order chi connectivity index (χ1) is 9.82. The summed E-state index contributed by atoms with van der Waals surface area (Å²) in [5.41, 5.74) is 5.58. The average Bonchev–Trinajstić information content (AvgIpc) is 2.40. The van der Waals surface area contributed by atoms with Gasteiger partial charge in [0.25, 0.3) is 0 Å². The van der Waals surface area contributed by atoms with Crippen molar-refractivity contribution in [2.45, 2.75) is 40.0 Å². The van der Waals surface area contributed by atoms with Gasteiger partial charge in [-0.2, -0.15) is 0 Å². The molecule has 5 heteroatoms. The molecule has 0 amide bonds. The van der Waals surface area contributed by atoms with Crippen LogP contribution in [0.1, 0.15) is 37.5 Å². The fourth-order valence-corrected chi connectivity index (χ4v) is 2.12. The van der Waals surface area contributed by atoms with Crippen molar-refractivity contribution in [3.8, 4) is 11.6 Å². The molecule has 0 unspecified atom stereocenters. The van der Waals surface area contributed by atoms with Crippen molar-refractivity contribution in [3.05, 3.63) is 41.2 Å². The number of nitrogen functional groups attached to an aromatic ring is 1. The molecular weight excluding hydrogens is 264 g/mol. The molecule has 5 nitrogen and oxygen atoms in total. The number of hydrogen-bond donors (Lipinski definition) is 2. The van der Waals surface area contributed by atoms with Gasteiger partial charge in [-0.3, -0.25) is 0 Å². The summed E-state index contributed by atoms with van der Waals surface area (Å²) in [4.78, 5) is 8.27. The van der Waals surface area contributed by atoms with E-state index >= 15 is 0 Å². The second-order valence-corrected chi connectivity index (χ2v) is 6.15. The lowest BCUT2D eigenvalue weighted by Crippen LogP contribution is -2.14. The second kappa shape index (κ2) is 5.69. The van der Waals surface area contributed by atoms with Gasteiger partial charge < -0.3 is 10.2 Å². The predicted octanol–water partition coefficient (Wildman–Crippen LogP) is 3.47. The first-order valence-electron chi connectivity index (χ1n) is 6.90. The predicted molar refractivity (Wildman–Crippen MR) is 84.5 cm³/mol. The number of hydrogen-bond acceptors (Lipinski definition) is 5. The molecule has 0 saturated heterocycles. The topological polar surface area (TPSA) is 73.1 Å². The molecule has 0 radical (unpaired) electrons. The van der Waals surface area contributed by atoms with Crippen LogP contribution in [-0.4, -0.2) is 9.97 Å². The van der Waals surface area contributed by atoms with Crippen molar-refractivity contribution in [1.29, 1.82) is 0 Å². The third-order valence-corrected chi connectivity index (χ3v) is 3.33. The first kappa shape index (κ1) is 15.3. The molecule has 1 heterocycles. The minimum Gasteiger partial charge on any atom is -0.438 e. The SMILES string of the molecule is Cc1ccc(C(C)(C)C)c(Oc2ncnc(NN)c2C)c1. The Morgan fingerprint density at radius 3 is 2.48 bits per heavy atom. The summed E-state index contributed by atoms with van der Waals surface area (Å²) in [5, 5.41) is 0. The number of nitrogens with two attached hydrogens (primary N) is 1. The second-order valence-electron chi connectivity index (χ2n) is 6.15. The molecule has 21 heavy (non-hydrogen) atoms. The van der Waals surface area contributed by atoms with Crippen molar-refractivity contribution in [3.63, 3.8) is 0 Å². The number of hydrazine groups is 1. The van der Waals surface area contributed by atoms with Crippen LogP contribution in [0.25, 0.3) is 0 Å². The van der Waals surface area contributed by atoms with Gasteiger partial charge in [0, 0.05) is 5.56 Å². The molecule has 0 spiro atoms. The maximum absolute atomic E-state index is 6.04. The van der Waals surface area contributed by atoms with E-state index in [1.54, 1.807) is 0 Å². The molecule has 2 rings (SSSR count). The molecule has 0 aliphatic rings. The Morgan fingerprint density at radius 2 is 1.86 bits per heavy atom. The molecule has 1 aromatic heterocycles. The van der Waals surface area contributed by atoms with Crippen LogP contribution < -0.4 is 16.0 Å². The Hall–Kier alpha value is -2.14. The van der Waals surface area contributed by atoms with Crippen molar-refractivity contribution in [2.24, 2.45) is 5.84 Å². The van der Waals surface area contributed by atoms with Crippen LogP contribution >= 0.6 is 0 Å². The summed E-state index contributed by atoms with van der Waals surface area (Å²) in [7, 11) is 0. The molecule has 0 saturated carbocycles. The summed E-state index contributed by atoms with van der Waals surface area (Å²) in [6, 6.07) is 6.22. The number of aromatic nitrogens is 2. The minimum absolute atomic E-state index is 0.0150. The maximum Gasteiger partial charge on any atom is 0.227 e. The Balaban J connectivity index is 2.47. The van der Waals surface area contributed by atoms with Gasteiger partial charge in [-0.1, -0.05) is 32.9 Å². The van der Waals surface area contributed by atoms with E-state index in [2.05, 4.69) is 48.3 Å². The average molecular weight is 286 g/mol. The van der Waals surface area contributed by atoms with Gasteiger partial charge in [0.1, 0.15) is 17.9 Å². The molecule has 1 aromatic carbocycles. The van der Waals surface area contributed by atoms with Gasteiger partial charge in [-0.05, 0) is 30.9 Å². The summed E-state index contributed by atoms with van der Waals surface area (Å²) in [6.07, 6.45) is 1.43. The highest BCUT2D eigenvalue weighted by molar-refractivity contribution is 5.49. The molecule has 0 fully saturated rings. The number of nitrogens with one attached hydrogen (secondary N) is 1. The van der Waals surface area contributed by atoms with Crippen LogP contribution in [-0.2, 0) is 5.41 Å². The van der Waals surface area contributed by atoms with Gasteiger partial charge in [0.2, 0.25) is 5.88 Å². The molecule has 0 atom stereocenters. The van der Waals surface area contributed by atoms with Crippen molar-refractivity contribution in [2.75, 3.05) is 5.43 Å². The van der Waals surface area contributed by atoms with Crippen LogP contribution in [0.5, 0.6) is 11.6 Å². The quantitative estimate of drug-likeness (QED) is 0.667. The molecular formula is C16H22N4O. The van der Waals surface area contributed by atoms with E-state index in [9.17, 15) is 0 Å². The Kier molecular flexibility index (Phi) is 4.14. The summed E-state index contributed by atoms with van der Waals surface area (Å²) in [6.45, 7) is 10.4. The lowest BCUT2D eigenvalue weighted by Gasteiger charge is -2.23. The van der Waals surface area contributed by atoms with E-state index in [4.69, 9.17) is 10.6 Å². The number of rotatable bonds is 3. The van der Waals surface area contributed by atoms with Gasteiger partial charge in [0.15, 0.2) is 0 Å². The molecule has 0 aliphatic carbocycles. The number of anilines is 1. The summed E-state index contributed by atoms with van der Waals surface area (Å²) < 4.78 is 6.04. The zero-order valence-electron chi connectivity index (χ0n) is 13.2. The van der Waals surface area contributed by atoms with E-state index in [-0.39, 0.29) is 5.41 Å². The standard InChI is InChI=1S/C16H22N4O/c1-10-6-7-12(16(3,4)5)13(8-10)21-15-11(2)14(20-17)18-9-19-15/h6-9H,17H2,1-5H3,(H,18,19,20). The fourth-order valence-electron chi connectivity index (χ4n) is 2.12. The van der Waals surface area contributed by atoms with E-state index < -0.39 is 0 Å². The highest BCUT2D eigenvalue weighted by Crippen LogP contribution is 2.35. The van der Waals surface area contributed by atoms with Crippen LogP contribution in [0.15, 0.2) is 24.5 Å². The monoisotopic (exact) mass is 286 g/mol. The van der Waals surface area contributed by atoms with E-state index in [0.717, 1.165) is 22.4 Å². The highest BCUT2D eigenvalue weighted by atomic mass is 16.5. The van der Waals surface area contributed by atoms with Crippen molar-refractivity contribution < 1.29 is 4.74 Å². The zero-order chi connectivity index (χ0) is 15.6. The van der Waals surface area contributed by atoms with Gasteiger partial charge >= 0.3 is 0 Å². The van der Waals surface area contributed by atoms with Crippen molar-refractivity contribution in [1.82, 2.24) is 9.97 Å². The lowest BCUT2D eigenvalue weighted by molar-refractivity contribution is 0.435. The number of benzene rings is 1. The summed E-state index contributed by atoms with van der Waals surface area (Å²) in [5.74, 6) is 7.32. The molecule has 0 aliphatic heterocycles. The fraction of sp³-hybridized carbons (Fsp3) is 0.375. The van der Waals surface area contributed by atoms with Gasteiger partial charge in [0.05, 0.1) is 5.56 Å². The number of ether oxygens (including phenoxy) is 1. The first-order valence-corrected chi connectivity index (χ1v) is 6.90. The van der Waals surface area contributed by atoms with Crippen LogP contribution in [0, 0.1) is 13.8 Å². The molecule has 2 aromatic rings. The van der Waals surface area contributed by atoms with Crippen LogP contribution in [0.3, 0.4) is 0 Å². The Labute approximate surface area is 125 Å². The molecule has 0 bridgehead atoms. The van der Waals surface area contributed by atoms with Gasteiger partial charge in [-0.15, -0.1) is 0 Å². The van der Waals surface area contributed by atoms with Gasteiger partial charge in [-0.25, -0.2) is 15.8 Å². The van der Waals surface area contributed by atoms with E-state index in [0.29, 0.717) is 11.7 Å². The van der Waals surface area contributed by atoms with E-state index in [1.807, 2.05) is 19.9 Å². The molecule has 3 N–H and O–H groups in total. The number of aryl methyl sites for hydroxylation is 1. The van der Waals surface area contributed by atoms with E-state index in [1.165, 1.54) is 6.33 Å². The van der Waals surface area contributed by atoms with Crippen LogP contribution in [0.4, 0.5) is 5.82 Å².